The van der Waals surface area contributed by atoms with Crippen LogP contribution in [0.3, 0.4) is 0 Å². The Morgan fingerprint density at radius 1 is 0.697 bits per heavy atom. The third kappa shape index (κ3) is 5.18. The van der Waals surface area contributed by atoms with E-state index in [0.29, 0.717) is 36.0 Å². The molecule has 0 bridgehead atoms. The zero-order valence-corrected chi connectivity index (χ0v) is 17.9. The number of halogens is 4. The van der Waals surface area contributed by atoms with Crippen molar-refractivity contribution in [2.45, 2.75) is 19.8 Å². The van der Waals surface area contributed by atoms with Crippen LogP contribution < -0.4 is 4.74 Å². The summed E-state index contributed by atoms with van der Waals surface area (Å²) in [4.78, 5) is 0. The molecule has 0 heterocycles. The molecule has 4 aromatic carbocycles. The molecule has 0 atom stereocenters. The molecule has 0 fully saturated rings. The lowest BCUT2D eigenvalue weighted by Crippen LogP contribution is -1.98. The number of hydrogen-bond acceptors (Lipinski definition) is 1. The summed E-state index contributed by atoms with van der Waals surface area (Å²) < 4.78 is 61.7. The molecule has 0 aliphatic heterocycles. The second-order valence-electron chi connectivity index (χ2n) is 7.56. The Kier molecular flexibility index (Phi) is 6.65. The molecule has 0 aliphatic rings. The van der Waals surface area contributed by atoms with E-state index < -0.39 is 23.3 Å². The number of hydrogen-bond donors (Lipinski definition) is 0. The fraction of sp³-hybridized carbons (Fsp3) is 0.143. The standard InChI is InChI=1S/C28H20F4O/c1-2-33-22-10-5-18(6-11-22)3-4-20-16-26(30)24(27(31)17-20)13-8-19-7-12-23-21(15-19)9-14-25(29)28(23)32/h5-7,9-12,14-17H,2-4H2,1H3. The van der Waals surface area contributed by atoms with Crippen molar-refractivity contribution in [3.05, 3.63) is 112 Å². The van der Waals surface area contributed by atoms with Crippen molar-refractivity contribution in [3.8, 4) is 17.6 Å². The SMILES string of the molecule is CCOc1ccc(CCc2cc(F)c(C#Cc3ccc4c(F)c(F)ccc4c3)c(F)c2)cc1. The molecule has 0 aliphatic carbocycles. The van der Waals surface area contributed by atoms with Gasteiger partial charge in [-0.1, -0.05) is 36.1 Å². The minimum Gasteiger partial charge on any atom is -0.494 e. The van der Waals surface area contributed by atoms with E-state index in [2.05, 4.69) is 11.8 Å². The van der Waals surface area contributed by atoms with Crippen molar-refractivity contribution < 1.29 is 22.3 Å². The topological polar surface area (TPSA) is 9.23 Å². The third-order valence-corrected chi connectivity index (χ3v) is 5.28. The van der Waals surface area contributed by atoms with Crippen molar-refractivity contribution in [2.24, 2.45) is 0 Å². The first-order valence-electron chi connectivity index (χ1n) is 10.5. The van der Waals surface area contributed by atoms with E-state index in [9.17, 15) is 17.6 Å². The minimum atomic E-state index is -0.940. The summed E-state index contributed by atoms with van der Waals surface area (Å²) in [5.74, 6) is 2.66. The zero-order valence-electron chi connectivity index (χ0n) is 17.9. The maximum absolute atomic E-state index is 14.6. The quantitative estimate of drug-likeness (QED) is 0.236. The first-order valence-corrected chi connectivity index (χ1v) is 10.5. The van der Waals surface area contributed by atoms with Crippen LogP contribution in [0.2, 0.25) is 0 Å². The van der Waals surface area contributed by atoms with Crippen molar-refractivity contribution in [3.63, 3.8) is 0 Å². The summed E-state index contributed by atoms with van der Waals surface area (Å²) in [6, 6.07) is 17.1. The first kappa shape index (κ1) is 22.4. The van der Waals surface area contributed by atoms with Crippen molar-refractivity contribution >= 4 is 10.8 Å². The number of fused-ring (bicyclic) bond motifs is 1. The molecular weight excluding hydrogens is 428 g/mol. The van der Waals surface area contributed by atoms with Gasteiger partial charge < -0.3 is 4.74 Å². The van der Waals surface area contributed by atoms with Crippen LogP contribution in [0.15, 0.2) is 66.7 Å². The predicted molar refractivity (Wildman–Crippen MR) is 121 cm³/mol. The van der Waals surface area contributed by atoms with Gasteiger partial charge in [0.1, 0.15) is 17.4 Å². The summed E-state index contributed by atoms with van der Waals surface area (Å²) >= 11 is 0. The van der Waals surface area contributed by atoms with Crippen LogP contribution in [0.25, 0.3) is 10.8 Å². The number of benzene rings is 4. The Hall–Kier alpha value is -3.78. The molecule has 1 nitrogen and oxygen atoms in total. The van der Waals surface area contributed by atoms with E-state index >= 15 is 0 Å². The largest absolute Gasteiger partial charge is 0.494 e. The van der Waals surface area contributed by atoms with Gasteiger partial charge in [0, 0.05) is 10.9 Å². The van der Waals surface area contributed by atoms with Gasteiger partial charge in [0.2, 0.25) is 0 Å². The summed E-state index contributed by atoms with van der Waals surface area (Å²) in [5.41, 5.74) is 1.68. The third-order valence-electron chi connectivity index (χ3n) is 5.28. The van der Waals surface area contributed by atoms with Gasteiger partial charge in [0.25, 0.3) is 0 Å². The Morgan fingerprint density at radius 2 is 1.39 bits per heavy atom. The second kappa shape index (κ2) is 9.79. The summed E-state index contributed by atoms with van der Waals surface area (Å²) in [6.07, 6.45) is 1.10. The van der Waals surface area contributed by atoms with Crippen molar-refractivity contribution in [1.82, 2.24) is 0 Å². The van der Waals surface area contributed by atoms with Crippen molar-refractivity contribution in [2.75, 3.05) is 6.61 Å². The van der Waals surface area contributed by atoms with Crippen LogP contribution in [-0.2, 0) is 12.8 Å². The van der Waals surface area contributed by atoms with Crippen LogP contribution in [0, 0.1) is 35.1 Å². The van der Waals surface area contributed by atoms with E-state index in [1.54, 1.807) is 6.07 Å². The highest BCUT2D eigenvalue weighted by atomic mass is 19.2. The lowest BCUT2D eigenvalue weighted by atomic mass is 10.0. The minimum absolute atomic E-state index is 0.120. The summed E-state index contributed by atoms with van der Waals surface area (Å²) in [6.45, 7) is 2.50. The average molecular weight is 448 g/mol. The van der Waals surface area contributed by atoms with Gasteiger partial charge in [0.15, 0.2) is 11.6 Å². The van der Waals surface area contributed by atoms with Gasteiger partial charge >= 0.3 is 0 Å². The van der Waals surface area contributed by atoms with E-state index in [1.165, 1.54) is 30.3 Å². The monoisotopic (exact) mass is 448 g/mol. The molecular formula is C28H20F4O. The number of ether oxygens (including phenoxy) is 1. The highest BCUT2D eigenvalue weighted by molar-refractivity contribution is 5.84. The first-order chi connectivity index (χ1) is 15.9. The van der Waals surface area contributed by atoms with Gasteiger partial charge in [-0.05, 0) is 78.7 Å². The molecule has 0 aromatic heterocycles. The molecule has 0 spiro atoms. The second-order valence-corrected chi connectivity index (χ2v) is 7.56. The van der Waals surface area contributed by atoms with Crippen LogP contribution in [0.5, 0.6) is 5.75 Å². The zero-order chi connectivity index (χ0) is 23.4. The predicted octanol–water partition coefficient (Wildman–Crippen LogP) is 6.98. The number of rotatable bonds is 5. The molecule has 0 unspecified atom stereocenters. The van der Waals surface area contributed by atoms with E-state index in [-0.39, 0.29) is 10.9 Å². The maximum Gasteiger partial charge on any atom is 0.166 e. The van der Waals surface area contributed by atoms with Gasteiger partial charge in [-0.3, -0.25) is 0 Å². The Bertz CT molecular complexity index is 1340. The van der Waals surface area contributed by atoms with Gasteiger partial charge in [0.05, 0.1) is 12.2 Å². The van der Waals surface area contributed by atoms with Crippen LogP contribution in [0.4, 0.5) is 17.6 Å². The molecule has 0 saturated heterocycles. The molecule has 0 saturated carbocycles. The van der Waals surface area contributed by atoms with Crippen LogP contribution in [-0.4, -0.2) is 6.61 Å². The summed E-state index contributed by atoms with van der Waals surface area (Å²) in [7, 11) is 0. The average Bonchev–Trinajstić information content (AvgIpc) is 2.81. The lowest BCUT2D eigenvalue weighted by Gasteiger charge is -2.07. The molecule has 4 rings (SSSR count). The molecule has 0 N–H and O–H groups in total. The van der Waals surface area contributed by atoms with Gasteiger partial charge in [-0.25, -0.2) is 17.6 Å². The molecule has 33 heavy (non-hydrogen) atoms. The van der Waals surface area contributed by atoms with E-state index in [4.69, 9.17) is 4.74 Å². The Balaban J connectivity index is 1.50. The fourth-order valence-corrected chi connectivity index (χ4v) is 3.57. The van der Waals surface area contributed by atoms with Crippen molar-refractivity contribution in [1.29, 1.82) is 0 Å². The van der Waals surface area contributed by atoms with E-state index in [1.807, 2.05) is 31.2 Å². The number of aryl methyl sites for hydroxylation is 2. The van der Waals surface area contributed by atoms with Crippen LogP contribution >= 0.6 is 0 Å². The van der Waals surface area contributed by atoms with E-state index in [0.717, 1.165) is 17.4 Å². The fourth-order valence-electron chi connectivity index (χ4n) is 3.57. The van der Waals surface area contributed by atoms with Gasteiger partial charge in [-0.15, -0.1) is 0 Å². The smallest absolute Gasteiger partial charge is 0.166 e. The van der Waals surface area contributed by atoms with Crippen LogP contribution in [0.1, 0.15) is 29.2 Å². The highest BCUT2D eigenvalue weighted by Gasteiger charge is 2.10. The molecule has 4 aromatic rings. The molecule has 166 valence electrons. The van der Waals surface area contributed by atoms with Gasteiger partial charge in [-0.2, -0.15) is 0 Å². The molecule has 0 radical (unpaired) electrons. The highest BCUT2D eigenvalue weighted by Crippen LogP contribution is 2.22. The normalized spacial score (nSPS) is 10.7. The molecule has 5 heteroatoms. The summed E-state index contributed by atoms with van der Waals surface area (Å²) in [5, 5.41) is 0.570. The Morgan fingerprint density at radius 3 is 2.09 bits per heavy atom. The maximum atomic E-state index is 14.6. The molecule has 0 amide bonds. The Labute approximate surface area is 189 Å². The lowest BCUT2D eigenvalue weighted by molar-refractivity contribution is 0.340.